The summed E-state index contributed by atoms with van der Waals surface area (Å²) in [6, 6.07) is 10.3. The molecule has 1 aromatic heterocycles. The predicted octanol–water partition coefficient (Wildman–Crippen LogP) is 2.88. The molecule has 1 aromatic carbocycles. The smallest absolute Gasteiger partial charge is 0.250 e. The van der Waals surface area contributed by atoms with Crippen LogP contribution in [0.5, 0.6) is 0 Å². The van der Waals surface area contributed by atoms with E-state index >= 15 is 0 Å². The second kappa shape index (κ2) is 7.23. The number of hydrogen-bond donors (Lipinski definition) is 2. The number of nitrogens with one attached hydrogen (secondary N) is 2. The van der Waals surface area contributed by atoms with Gasteiger partial charge in [0.15, 0.2) is 0 Å². The number of rotatable bonds is 6. The van der Waals surface area contributed by atoms with Gasteiger partial charge in [-0.3, -0.25) is 4.79 Å². The molecular weight excluding hydrogens is 344 g/mol. The fourth-order valence-electron chi connectivity index (χ4n) is 1.70. The second-order valence-corrected chi connectivity index (χ2v) is 8.19. The Morgan fingerprint density at radius 3 is 2.41 bits per heavy atom. The van der Waals surface area contributed by atoms with Crippen molar-refractivity contribution in [3.8, 4) is 0 Å². The minimum atomic E-state index is -3.71. The van der Waals surface area contributed by atoms with E-state index in [9.17, 15) is 13.2 Å². The molecular formula is C14H15ClN2O3S2. The molecule has 8 heteroatoms. The van der Waals surface area contributed by atoms with Crippen LogP contribution in [-0.4, -0.2) is 20.9 Å². The van der Waals surface area contributed by atoms with Crippen molar-refractivity contribution >= 4 is 44.6 Å². The van der Waals surface area contributed by atoms with Gasteiger partial charge >= 0.3 is 0 Å². The van der Waals surface area contributed by atoms with Crippen LogP contribution in [0.1, 0.15) is 12.5 Å². The van der Waals surface area contributed by atoms with Gasteiger partial charge in [0.1, 0.15) is 4.21 Å². The maximum atomic E-state index is 11.9. The molecule has 2 aromatic rings. The van der Waals surface area contributed by atoms with Crippen LogP contribution in [0.3, 0.4) is 0 Å². The predicted molar refractivity (Wildman–Crippen MR) is 89.0 cm³/mol. The fourth-order valence-corrected chi connectivity index (χ4v) is 4.21. The van der Waals surface area contributed by atoms with Crippen LogP contribution in [0.4, 0.5) is 5.69 Å². The molecule has 0 saturated carbocycles. The lowest BCUT2D eigenvalue weighted by Gasteiger charge is -2.07. The molecule has 0 atom stereocenters. The first-order valence-corrected chi connectivity index (χ1v) is 9.22. The topological polar surface area (TPSA) is 75.3 Å². The van der Waals surface area contributed by atoms with Gasteiger partial charge in [-0.2, -0.15) is 0 Å². The number of hydrogen-bond acceptors (Lipinski definition) is 4. The normalized spacial score (nSPS) is 11.4. The highest BCUT2D eigenvalue weighted by atomic mass is 35.5. The van der Waals surface area contributed by atoms with Gasteiger partial charge in [0.2, 0.25) is 5.91 Å². The Kier molecular flexibility index (Phi) is 5.57. The van der Waals surface area contributed by atoms with Crippen LogP contribution in [-0.2, 0) is 21.2 Å². The molecule has 1 heterocycles. The number of thiophene rings is 1. The Morgan fingerprint density at radius 2 is 1.86 bits per heavy atom. The average Bonchev–Trinajstić information content (AvgIpc) is 2.94. The zero-order valence-electron chi connectivity index (χ0n) is 11.8. The Labute approximate surface area is 138 Å². The molecule has 0 aliphatic heterocycles. The maximum absolute atomic E-state index is 11.9. The molecule has 0 saturated heterocycles. The van der Waals surface area contributed by atoms with Crippen LogP contribution in [0.25, 0.3) is 0 Å². The Morgan fingerprint density at radius 1 is 1.18 bits per heavy atom. The zero-order chi connectivity index (χ0) is 16.2. The third-order valence-corrected chi connectivity index (χ3v) is 6.01. The van der Waals surface area contributed by atoms with Crippen LogP contribution in [0.15, 0.2) is 40.6 Å². The number of amides is 1. The minimum absolute atomic E-state index is 0.0811. The molecule has 2 N–H and O–H groups in total. The SMILES string of the molecule is CCc1ccc(NC(=O)CNS(=O)(=O)c2ccc(Cl)s2)cc1. The number of sulfonamides is 1. The van der Waals surface area contributed by atoms with E-state index in [4.69, 9.17) is 11.6 Å². The molecule has 118 valence electrons. The van der Waals surface area contributed by atoms with Gasteiger partial charge in [0, 0.05) is 5.69 Å². The molecule has 1 amide bonds. The second-order valence-electron chi connectivity index (χ2n) is 4.48. The van der Waals surface area contributed by atoms with E-state index in [1.807, 2.05) is 19.1 Å². The van der Waals surface area contributed by atoms with Gasteiger partial charge in [-0.1, -0.05) is 30.7 Å². The maximum Gasteiger partial charge on any atom is 0.250 e. The first-order valence-electron chi connectivity index (χ1n) is 6.54. The number of halogens is 1. The van der Waals surface area contributed by atoms with Crippen molar-refractivity contribution in [3.05, 3.63) is 46.3 Å². The van der Waals surface area contributed by atoms with E-state index in [0.29, 0.717) is 10.0 Å². The highest BCUT2D eigenvalue weighted by Crippen LogP contribution is 2.25. The average molecular weight is 359 g/mol. The van der Waals surface area contributed by atoms with Crippen molar-refractivity contribution in [3.63, 3.8) is 0 Å². The molecule has 2 rings (SSSR count). The highest BCUT2D eigenvalue weighted by molar-refractivity contribution is 7.91. The number of aryl methyl sites for hydroxylation is 1. The zero-order valence-corrected chi connectivity index (χ0v) is 14.2. The molecule has 0 aliphatic carbocycles. The van der Waals surface area contributed by atoms with E-state index in [2.05, 4.69) is 10.0 Å². The number of anilines is 1. The Hall–Kier alpha value is -1.41. The van der Waals surface area contributed by atoms with Crippen LogP contribution in [0, 0.1) is 0 Å². The Balaban J connectivity index is 1.92. The van der Waals surface area contributed by atoms with E-state index in [0.717, 1.165) is 23.3 Å². The van der Waals surface area contributed by atoms with Gasteiger partial charge in [0.25, 0.3) is 10.0 Å². The van der Waals surface area contributed by atoms with Gasteiger partial charge in [-0.05, 0) is 36.2 Å². The van der Waals surface area contributed by atoms with E-state index in [-0.39, 0.29) is 10.8 Å². The van der Waals surface area contributed by atoms with Gasteiger partial charge < -0.3 is 5.32 Å². The molecule has 0 aliphatic rings. The molecule has 0 radical (unpaired) electrons. The Bertz CT molecular complexity index is 755. The van der Waals surface area contributed by atoms with Crippen molar-refractivity contribution in [1.29, 1.82) is 0 Å². The molecule has 22 heavy (non-hydrogen) atoms. The number of carbonyl (C=O) groups excluding carboxylic acids is 1. The third kappa shape index (κ3) is 4.54. The first kappa shape index (κ1) is 17.0. The van der Waals surface area contributed by atoms with Gasteiger partial charge in [-0.25, -0.2) is 13.1 Å². The summed E-state index contributed by atoms with van der Waals surface area (Å²) >= 11 is 6.65. The van der Waals surface area contributed by atoms with Crippen LogP contribution in [0.2, 0.25) is 4.34 Å². The van der Waals surface area contributed by atoms with Crippen molar-refractivity contribution in [1.82, 2.24) is 4.72 Å². The van der Waals surface area contributed by atoms with Crippen molar-refractivity contribution in [2.75, 3.05) is 11.9 Å². The quantitative estimate of drug-likeness (QED) is 0.833. The third-order valence-electron chi connectivity index (χ3n) is 2.88. The highest BCUT2D eigenvalue weighted by Gasteiger charge is 2.17. The van der Waals surface area contributed by atoms with Crippen molar-refractivity contribution in [2.24, 2.45) is 0 Å². The standard InChI is InChI=1S/C14H15ClN2O3S2/c1-2-10-3-5-11(6-4-10)17-13(18)9-16-22(19,20)14-8-7-12(15)21-14/h3-8,16H,2,9H2,1H3,(H,17,18). The molecule has 0 spiro atoms. The summed E-state index contributed by atoms with van der Waals surface area (Å²) in [5, 5.41) is 2.63. The van der Waals surface area contributed by atoms with Gasteiger partial charge in [0.05, 0.1) is 10.9 Å². The largest absolute Gasteiger partial charge is 0.325 e. The lowest BCUT2D eigenvalue weighted by molar-refractivity contribution is -0.115. The van der Waals surface area contributed by atoms with Crippen LogP contribution < -0.4 is 10.0 Å². The molecule has 0 bridgehead atoms. The number of carbonyl (C=O) groups is 1. The molecule has 0 fully saturated rings. The summed E-state index contributed by atoms with van der Waals surface area (Å²) < 4.78 is 26.6. The minimum Gasteiger partial charge on any atom is -0.325 e. The van der Waals surface area contributed by atoms with Crippen LogP contribution >= 0.6 is 22.9 Å². The summed E-state index contributed by atoms with van der Waals surface area (Å²) in [5.41, 5.74) is 1.79. The van der Waals surface area contributed by atoms with E-state index in [1.54, 1.807) is 12.1 Å². The summed E-state index contributed by atoms with van der Waals surface area (Å²) in [4.78, 5) is 11.8. The lowest BCUT2D eigenvalue weighted by Crippen LogP contribution is -2.32. The summed E-state index contributed by atoms with van der Waals surface area (Å²) in [6.45, 7) is 1.70. The van der Waals surface area contributed by atoms with Crippen molar-refractivity contribution in [2.45, 2.75) is 17.6 Å². The number of benzene rings is 1. The first-order chi connectivity index (χ1) is 10.4. The van der Waals surface area contributed by atoms with Gasteiger partial charge in [-0.15, -0.1) is 11.3 Å². The molecule has 0 unspecified atom stereocenters. The summed E-state index contributed by atoms with van der Waals surface area (Å²) in [6.07, 6.45) is 0.914. The lowest BCUT2D eigenvalue weighted by atomic mass is 10.1. The van der Waals surface area contributed by atoms with E-state index < -0.39 is 15.9 Å². The monoisotopic (exact) mass is 358 g/mol. The van der Waals surface area contributed by atoms with Crippen molar-refractivity contribution < 1.29 is 13.2 Å². The summed E-state index contributed by atoms with van der Waals surface area (Å²) in [5.74, 6) is -0.435. The van der Waals surface area contributed by atoms with E-state index in [1.165, 1.54) is 12.1 Å². The molecule has 5 nitrogen and oxygen atoms in total. The fraction of sp³-hybridized carbons (Fsp3) is 0.214. The summed E-state index contributed by atoms with van der Waals surface area (Å²) in [7, 11) is -3.71.